The SMILES string of the molecule is Oc1cccc(Oc2c(F)c(F)nc(F)c2F)c1. The predicted molar refractivity (Wildman–Crippen MR) is 52.2 cm³/mol. The molecule has 7 heteroatoms. The highest BCUT2D eigenvalue weighted by Gasteiger charge is 2.22. The Labute approximate surface area is 98.3 Å². The number of rotatable bonds is 2. The Hall–Kier alpha value is -2.31. The zero-order valence-electron chi connectivity index (χ0n) is 8.62. The summed E-state index contributed by atoms with van der Waals surface area (Å²) < 4.78 is 56.6. The molecule has 94 valence electrons. The summed E-state index contributed by atoms with van der Waals surface area (Å²) in [7, 11) is 0. The summed E-state index contributed by atoms with van der Waals surface area (Å²) in [6, 6.07) is 4.88. The van der Waals surface area contributed by atoms with Crippen LogP contribution in [0.1, 0.15) is 0 Å². The first kappa shape index (κ1) is 12.2. The smallest absolute Gasteiger partial charge is 0.255 e. The van der Waals surface area contributed by atoms with Gasteiger partial charge in [0.05, 0.1) is 0 Å². The largest absolute Gasteiger partial charge is 0.508 e. The molecule has 0 spiro atoms. The molecule has 1 N–H and O–H groups in total. The second-order valence-electron chi connectivity index (χ2n) is 3.25. The average Bonchev–Trinajstić information content (AvgIpc) is 2.32. The van der Waals surface area contributed by atoms with Crippen molar-refractivity contribution in [2.24, 2.45) is 0 Å². The number of hydrogen-bond donors (Lipinski definition) is 1. The van der Waals surface area contributed by atoms with Crippen LogP contribution in [0.5, 0.6) is 17.2 Å². The number of hydrogen-bond acceptors (Lipinski definition) is 3. The molecule has 1 aromatic carbocycles. The van der Waals surface area contributed by atoms with Crippen molar-refractivity contribution < 1.29 is 27.4 Å². The lowest BCUT2D eigenvalue weighted by atomic mass is 10.3. The number of phenolic OH excluding ortho intramolecular Hbond substituents is 1. The Bertz CT molecular complexity index is 578. The van der Waals surface area contributed by atoms with Crippen molar-refractivity contribution >= 4 is 0 Å². The van der Waals surface area contributed by atoms with Crippen molar-refractivity contribution in [2.45, 2.75) is 0 Å². The van der Waals surface area contributed by atoms with Crippen LogP contribution in [0.2, 0.25) is 0 Å². The van der Waals surface area contributed by atoms with E-state index in [-0.39, 0.29) is 11.5 Å². The van der Waals surface area contributed by atoms with Gasteiger partial charge in [0, 0.05) is 6.07 Å². The summed E-state index contributed by atoms with van der Waals surface area (Å²) >= 11 is 0. The molecule has 0 radical (unpaired) electrons. The van der Waals surface area contributed by atoms with Crippen LogP contribution in [-0.4, -0.2) is 10.1 Å². The van der Waals surface area contributed by atoms with Gasteiger partial charge >= 0.3 is 0 Å². The van der Waals surface area contributed by atoms with Crippen LogP contribution in [0, 0.1) is 23.5 Å². The van der Waals surface area contributed by atoms with Gasteiger partial charge in [-0.15, -0.1) is 0 Å². The van der Waals surface area contributed by atoms with Crippen molar-refractivity contribution in [1.82, 2.24) is 4.98 Å². The second kappa shape index (κ2) is 4.52. The molecule has 1 heterocycles. The van der Waals surface area contributed by atoms with Gasteiger partial charge < -0.3 is 9.84 Å². The maximum atomic E-state index is 13.2. The number of halogens is 4. The lowest BCUT2D eigenvalue weighted by molar-refractivity contribution is 0.342. The fourth-order valence-corrected chi connectivity index (χ4v) is 1.22. The Balaban J connectivity index is 2.46. The molecule has 0 saturated heterocycles. The van der Waals surface area contributed by atoms with Gasteiger partial charge in [0.1, 0.15) is 11.5 Å². The van der Waals surface area contributed by atoms with E-state index in [1.807, 2.05) is 0 Å². The average molecular weight is 259 g/mol. The summed E-state index contributed by atoms with van der Waals surface area (Å²) in [4.78, 5) is 2.38. The van der Waals surface area contributed by atoms with Gasteiger partial charge in [-0.1, -0.05) is 6.07 Å². The molecule has 2 aromatic rings. The number of nitrogens with zero attached hydrogens (tertiary/aromatic N) is 1. The van der Waals surface area contributed by atoms with Crippen LogP contribution in [0.25, 0.3) is 0 Å². The summed E-state index contributed by atoms with van der Waals surface area (Å²) in [5, 5.41) is 9.11. The fraction of sp³-hybridized carbons (Fsp3) is 0. The lowest BCUT2D eigenvalue weighted by Gasteiger charge is -2.08. The molecule has 0 unspecified atom stereocenters. The molecule has 2 rings (SSSR count). The summed E-state index contributed by atoms with van der Waals surface area (Å²) in [5.74, 6) is -8.81. The molecule has 0 fully saturated rings. The first-order valence-corrected chi connectivity index (χ1v) is 4.66. The van der Waals surface area contributed by atoms with Crippen LogP contribution in [0.15, 0.2) is 24.3 Å². The normalized spacial score (nSPS) is 10.4. The Kier molecular flexibility index (Phi) is 3.05. The van der Waals surface area contributed by atoms with Gasteiger partial charge in [0.15, 0.2) is 0 Å². The standard InChI is InChI=1S/C11H5F4NO2/c12-7-9(8(13)11(15)16-10(7)14)18-6-3-1-2-5(17)4-6/h1-4,17H. The van der Waals surface area contributed by atoms with Crippen molar-refractivity contribution in [1.29, 1.82) is 0 Å². The van der Waals surface area contributed by atoms with Crippen LogP contribution in [0.3, 0.4) is 0 Å². The zero-order valence-corrected chi connectivity index (χ0v) is 8.62. The highest BCUT2D eigenvalue weighted by atomic mass is 19.2. The lowest BCUT2D eigenvalue weighted by Crippen LogP contribution is -2.03. The van der Waals surface area contributed by atoms with Crippen LogP contribution in [-0.2, 0) is 0 Å². The van der Waals surface area contributed by atoms with Crippen molar-refractivity contribution in [3.63, 3.8) is 0 Å². The van der Waals surface area contributed by atoms with E-state index in [0.717, 1.165) is 6.07 Å². The summed E-state index contributed by atoms with van der Waals surface area (Å²) in [6.07, 6.45) is 0. The number of aromatic nitrogens is 1. The zero-order chi connectivity index (χ0) is 13.3. The molecule has 0 atom stereocenters. The van der Waals surface area contributed by atoms with Gasteiger partial charge in [-0.05, 0) is 12.1 Å². The van der Waals surface area contributed by atoms with Gasteiger partial charge in [-0.25, -0.2) is 0 Å². The van der Waals surface area contributed by atoms with Crippen molar-refractivity contribution in [3.8, 4) is 17.2 Å². The van der Waals surface area contributed by atoms with Crippen LogP contribution in [0.4, 0.5) is 17.6 Å². The fourth-order valence-electron chi connectivity index (χ4n) is 1.22. The predicted octanol–water partition coefficient (Wildman–Crippen LogP) is 3.14. The van der Waals surface area contributed by atoms with Gasteiger partial charge in [-0.3, -0.25) is 0 Å². The van der Waals surface area contributed by atoms with Crippen LogP contribution < -0.4 is 4.74 Å². The minimum atomic E-state index is -1.82. The number of benzene rings is 1. The molecule has 0 aliphatic carbocycles. The maximum absolute atomic E-state index is 13.2. The minimum absolute atomic E-state index is 0.183. The van der Waals surface area contributed by atoms with E-state index in [9.17, 15) is 17.6 Å². The van der Waals surface area contributed by atoms with E-state index >= 15 is 0 Å². The topological polar surface area (TPSA) is 42.4 Å². The molecular formula is C11H5F4NO2. The van der Waals surface area contributed by atoms with E-state index in [1.54, 1.807) is 0 Å². The second-order valence-corrected chi connectivity index (χ2v) is 3.25. The van der Waals surface area contributed by atoms with Crippen molar-refractivity contribution in [2.75, 3.05) is 0 Å². The number of phenols is 1. The van der Waals surface area contributed by atoms with E-state index in [4.69, 9.17) is 5.11 Å². The Morgan fingerprint density at radius 2 is 1.61 bits per heavy atom. The van der Waals surface area contributed by atoms with E-state index in [0.29, 0.717) is 0 Å². The third-order valence-corrected chi connectivity index (χ3v) is 1.99. The highest BCUT2D eigenvalue weighted by Crippen LogP contribution is 2.30. The molecule has 0 amide bonds. The first-order valence-electron chi connectivity index (χ1n) is 4.66. The number of ether oxygens (including phenoxy) is 1. The number of aromatic hydroxyl groups is 1. The van der Waals surface area contributed by atoms with E-state index < -0.39 is 29.3 Å². The van der Waals surface area contributed by atoms with Gasteiger partial charge in [0.25, 0.3) is 11.9 Å². The third-order valence-electron chi connectivity index (χ3n) is 1.99. The molecule has 18 heavy (non-hydrogen) atoms. The molecule has 1 aromatic heterocycles. The highest BCUT2D eigenvalue weighted by molar-refractivity contribution is 5.36. The molecule has 3 nitrogen and oxygen atoms in total. The van der Waals surface area contributed by atoms with E-state index in [1.165, 1.54) is 18.2 Å². The van der Waals surface area contributed by atoms with Crippen molar-refractivity contribution in [3.05, 3.63) is 47.8 Å². The monoisotopic (exact) mass is 259 g/mol. The molecule has 0 bridgehead atoms. The number of pyridine rings is 1. The summed E-state index contributed by atoms with van der Waals surface area (Å²) in [5.41, 5.74) is 0. The van der Waals surface area contributed by atoms with Gasteiger partial charge in [-0.2, -0.15) is 22.5 Å². The molecule has 0 aliphatic heterocycles. The molecule has 0 saturated carbocycles. The van der Waals surface area contributed by atoms with E-state index in [2.05, 4.69) is 9.72 Å². The quantitative estimate of drug-likeness (QED) is 0.665. The molecular weight excluding hydrogens is 254 g/mol. The maximum Gasteiger partial charge on any atom is 0.255 e. The molecule has 0 aliphatic rings. The Morgan fingerprint density at radius 3 is 2.17 bits per heavy atom. The van der Waals surface area contributed by atoms with Crippen LogP contribution >= 0.6 is 0 Å². The third kappa shape index (κ3) is 2.20. The minimum Gasteiger partial charge on any atom is -0.508 e. The van der Waals surface area contributed by atoms with Gasteiger partial charge in [0.2, 0.25) is 17.4 Å². The summed E-state index contributed by atoms with van der Waals surface area (Å²) in [6.45, 7) is 0. The first-order chi connectivity index (χ1) is 8.49. The Morgan fingerprint density at radius 1 is 1.00 bits per heavy atom.